The highest BCUT2D eigenvalue weighted by molar-refractivity contribution is 9.10. The third-order valence-corrected chi connectivity index (χ3v) is 3.99. The number of hydrogen-bond donors (Lipinski definition) is 0. The molecule has 0 N–H and O–H groups in total. The molecule has 0 spiro atoms. The summed E-state index contributed by atoms with van der Waals surface area (Å²) in [4.78, 5) is 14.1. The topological polar surface area (TPSA) is 47.9 Å². The first-order valence-corrected chi connectivity index (χ1v) is 6.57. The van der Waals surface area contributed by atoms with Gasteiger partial charge in [0.05, 0.1) is 5.54 Å². The van der Waals surface area contributed by atoms with E-state index in [1.165, 1.54) is 6.08 Å². The van der Waals surface area contributed by atoms with Crippen molar-refractivity contribution in [3.05, 3.63) is 22.2 Å². The number of isocyanates is 1. The lowest BCUT2D eigenvalue weighted by molar-refractivity contribution is -0.391. The first-order valence-electron chi connectivity index (χ1n) is 5.77. The highest BCUT2D eigenvalue weighted by Gasteiger charge is 2.66. The van der Waals surface area contributed by atoms with Crippen LogP contribution in [-0.2, 0) is 10.3 Å². The van der Waals surface area contributed by atoms with Gasteiger partial charge in [0.15, 0.2) is 11.5 Å². The van der Waals surface area contributed by atoms with E-state index >= 15 is 0 Å². The molecule has 0 radical (unpaired) electrons. The van der Waals surface area contributed by atoms with Crippen LogP contribution in [0, 0.1) is 0 Å². The van der Waals surface area contributed by atoms with Crippen molar-refractivity contribution in [3.8, 4) is 11.5 Å². The zero-order chi connectivity index (χ0) is 15.5. The Morgan fingerprint density at radius 2 is 1.62 bits per heavy atom. The van der Waals surface area contributed by atoms with E-state index in [-0.39, 0.29) is 0 Å². The lowest BCUT2D eigenvalue weighted by Gasteiger charge is -2.32. The molecule has 3 rings (SSSR count). The van der Waals surface area contributed by atoms with Crippen LogP contribution >= 0.6 is 15.9 Å². The van der Waals surface area contributed by atoms with Crippen molar-refractivity contribution >= 4 is 22.0 Å². The molecule has 1 heterocycles. The van der Waals surface area contributed by atoms with Crippen molar-refractivity contribution in [3.63, 3.8) is 0 Å². The summed E-state index contributed by atoms with van der Waals surface area (Å²) in [5, 5.41) is 0. The lowest BCUT2D eigenvalue weighted by atomic mass is 10.0. The summed E-state index contributed by atoms with van der Waals surface area (Å²) < 4.78 is 60.9. The number of aliphatic imine (C=N–C) groups is 1. The van der Waals surface area contributed by atoms with Crippen LogP contribution in [0.2, 0.25) is 0 Å². The zero-order valence-electron chi connectivity index (χ0n) is 10.1. The molecule has 9 heteroatoms. The lowest BCUT2D eigenvalue weighted by Crippen LogP contribution is -2.52. The number of halogens is 5. The molecule has 1 aromatic rings. The van der Waals surface area contributed by atoms with Gasteiger partial charge in [-0.3, -0.25) is 0 Å². The van der Waals surface area contributed by atoms with Crippen LogP contribution in [0.5, 0.6) is 11.5 Å². The molecule has 2 aliphatic rings. The van der Waals surface area contributed by atoms with Crippen LogP contribution in [0.15, 0.2) is 21.6 Å². The van der Waals surface area contributed by atoms with Gasteiger partial charge in [0.25, 0.3) is 0 Å². The summed E-state index contributed by atoms with van der Waals surface area (Å²) >= 11 is 3.13. The Morgan fingerprint density at radius 1 is 1.10 bits per heavy atom. The molecular formula is C12H6BrF4NO3. The molecule has 4 nitrogen and oxygen atoms in total. The Hall–Kier alpha value is -1.60. The van der Waals surface area contributed by atoms with Gasteiger partial charge in [0.2, 0.25) is 6.08 Å². The fraction of sp³-hybridized carbons (Fsp3) is 0.417. The molecule has 112 valence electrons. The van der Waals surface area contributed by atoms with E-state index in [9.17, 15) is 22.4 Å². The number of nitrogens with zero attached hydrogens (tertiary/aromatic N) is 1. The predicted molar refractivity (Wildman–Crippen MR) is 64.3 cm³/mol. The first kappa shape index (κ1) is 14.3. The minimum Gasteiger partial charge on any atom is -0.421 e. The number of fused-ring (bicyclic) bond motifs is 1. The second kappa shape index (κ2) is 4.20. The second-order valence-corrected chi connectivity index (χ2v) is 5.61. The van der Waals surface area contributed by atoms with Gasteiger partial charge in [-0.05, 0) is 30.5 Å². The summed E-state index contributed by atoms with van der Waals surface area (Å²) in [7, 11) is 0. The Morgan fingerprint density at radius 3 is 2.10 bits per heavy atom. The maximum atomic E-state index is 13.2. The average Bonchev–Trinajstić information content (AvgIpc) is 3.11. The van der Waals surface area contributed by atoms with Crippen LogP contribution in [0.3, 0.4) is 0 Å². The highest BCUT2D eigenvalue weighted by atomic mass is 79.9. The van der Waals surface area contributed by atoms with E-state index in [0.717, 1.165) is 12.1 Å². The second-order valence-electron chi connectivity index (χ2n) is 4.75. The van der Waals surface area contributed by atoms with Crippen molar-refractivity contribution in [2.75, 3.05) is 0 Å². The van der Waals surface area contributed by atoms with Gasteiger partial charge in [0, 0.05) is 4.47 Å². The smallest absolute Gasteiger partial charge is 0.421 e. The zero-order valence-corrected chi connectivity index (χ0v) is 11.7. The number of rotatable bonds is 2. The van der Waals surface area contributed by atoms with E-state index in [0.29, 0.717) is 22.9 Å². The molecule has 1 aliphatic carbocycles. The largest absolute Gasteiger partial charge is 0.507 e. The molecule has 1 aliphatic heterocycles. The summed E-state index contributed by atoms with van der Waals surface area (Å²) in [6, 6.07) is 2.21. The van der Waals surface area contributed by atoms with Gasteiger partial charge in [-0.25, -0.2) is 4.79 Å². The number of ether oxygens (including phenoxy) is 2. The fourth-order valence-corrected chi connectivity index (χ4v) is 2.78. The molecule has 0 saturated heterocycles. The van der Waals surface area contributed by atoms with Gasteiger partial charge in [0.1, 0.15) is 0 Å². The molecular weight excluding hydrogens is 362 g/mol. The summed E-state index contributed by atoms with van der Waals surface area (Å²) in [6.07, 6.45) is -7.09. The van der Waals surface area contributed by atoms with Gasteiger partial charge in [-0.1, -0.05) is 15.9 Å². The molecule has 0 unspecified atom stereocenters. The van der Waals surface area contributed by atoms with Crippen LogP contribution in [0.4, 0.5) is 17.6 Å². The molecule has 0 bridgehead atoms. The van der Waals surface area contributed by atoms with E-state index in [1.54, 1.807) is 0 Å². The monoisotopic (exact) mass is 367 g/mol. The fourth-order valence-electron chi connectivity index (χ4n) is 2.09. The minimum atomic E-state index is -4.78. The van der Waals surface area contributed by atoms with Crippen molar-refractivity contribution in [2.24, 2.45) is 4.99 Å². The molecule has 1 saturated carbocycles. The van der Waals surface area contributed by atoms with E-state index in [1.807, 2.05) is 0 Å². The van der Waals surface area contributed by atoms with E-state index in [2.05, 4.69) is 30.4 Å². The average molecular weight is 368 g/mol. The Kier molecular flexibility index (Phi) is 2.87. The van der Waals surface area contributed by atoms with Gasteiger partial charge in [-0.2, -0.15) is 22.6 Å². The molecule has 1 fully saturated rings. The first-order chi connectivity index (χ1) is 9.71. The molecule has 1 aromatic carbocycles. The van der Waals surface area contributed by atoms with E-state index < -0.39 is 29.3 Å². The highest BCUT2D eigenvalue weighted by Crippen LogP contribution is 2.55. The number of hydrogen-bond acceptors (Lipinski definition) is 4. The standard InChI is InChI=1S/C12H6BrF4NO3/c13-7-4-9-8(20-11(14,15)12(16,17)21-9)3-6(7)10(1-2-10)18-5-19/h3-4H,1-2H2. The number of carbonyl (C=O) groups excluding carboxylic acids is 1. The van der Waals surface area contributed by atoms with Crippen LogP contribution in [-0.4, -0.2) is 18.3 Å². The van der Waals surface area contributed by atoms with Gasteiger partial charge >= 0.3 is 12.2 Å². The Balaban J connectivity index is 2.09. The maximum Gasteiger partial charge on any atom is 0.507 e. The SMILES string of the molecule is O=C=NC1(c2cc3c(cc2Br)OC(F)(F)C(F)(F)O3)CC1. The third kappa shape index (κ3) is 2.11. The molecule has 0 atom stereocenters. The Bertz CT molecular complexity index is 669. The van der Waals surface area contributed by atoms with Crippen molar-refractivity contribution in [1.29, 1.82) is 0 Å². The van der Waals surface area contributed by atoms with Crippen molar-refractivity contribution < 1.29 is 31.8 Å². The van der Waals surface area contributed by atoms with Crippen LogP contribution < -0.4 is 9.47 Å². The molecule has 21 heavy (non-hydrogen) atoms. The minimum absolute atomic E-state index is 0.308. The predicted octanol–water partition coefficient (Wildman–Crippen LogP) is 3.73. The van der Waals surface area contributed by atoms with Gasteiger partial charge < -0.3 is 9.47 Å². The number of alkyl halides is 4. The molecule has 0 amide bonds. The normalized spacial score (nSPS) is 23.1. The van der Waals surface area contributed by atoms with Gasteiger partial charge in [-0.15, -0.1) is 0 Å². The van der Waals surface area contributed by atoms with Crippen LogP contribution in [0.25, 0.3) is 0 Å². The summed E-state index contributed by atoms with van der Waals surface area (Å²) in [5.41, 5.74) is -0.483. The molecule has 0 aromatic heterocycles. The quantitative estimate of drug-likeness (QED) is 0.454. The van der Waals surface area contributed by atoms with Crippen molar-refractivity contribution in [1.82, 2.24) is 0 Å². The summed E-state index contributed by atoms with van der Waals surface area (Å²) in [6.45, 7) is 0. The summed E-state index contributed by atoms with van der Waals surface area (Å²) in [5.74, 6) is -1.05. The van der Waals surface area contributed by atoms with E-state index in [4.69, 9.17) is 0 Å². The van der Waals surface area contributed by atoms with Crippen molar-refractivity contribution in [2.45, 2.75) is 30.6 Å². The maximum absolute atomic E-state index is 13.2. The van der Waals surface area contributed by atoms with Crippen LogP contribution in [0.1, 0.15) is 18.4 Å². The number of benzene rings is 1. The third-order valence-electron chi connectivity index (χ3n) is 3.33. The Labute approximate surface area is 123 Å².